The molecule has 0 amide bonds. The molecule has 3 unspecified atom stereocenters. The first-order valence-corrected chi connectivity index (χ1v) is 5.96. The van der Waals surface area contributed by atoms with E-state index in [9.17, 15) is 0 Å². The predicted molar refractivity (Wildman–Crippen MR) is 62.0 cm³/mol. The van der Waals surface area contributed by atoms with Crippen LogP contribution < -0.4 is 5.32 Å². The van der Waals surface area contributed by atoms with Gasteiger partial charge in [-0.2, -0.15) is 0 Å². The fourth-order valence-electron chi connectivity index (χ4n) is 2.13. The summed E-state index contributed by atoms with van der Waals surface area (Å²) in [7, 11) is 0. The van der Waals surface area contributed by atoms with Crippen LogP contribution in [0.3, 0.4) is 0 Å². The predicted octanol–water partition coefficient (Wildman–Crippen LogP) is 2.81. The smallest absolute Gasteiger partial charge is 0.00983 e. The molecule has 0 heterocycles. The Balaban J connectivity index is 2.19. The number of terminal acetylenes is 1. The van der Waals surface area contributed by atoms with Crippen molar-refractivity contribution in [1.82, 2.24) is 5.32 Å². The molecule has 1 rings (SSSR count). The SMILES string of the molecule is C#CCCCC(NCCC)C1CC1C. The number of hydrogen-bond acceptors (Lipinski definition) is 1. The fourth-order valence-corrected chi connectivity index (χ4v) is 2.13. The van der Waals surface area contributed by atoms with Gasteiger partial charge in [0.05, 0.1) is 0 Å². The number of rotatable bonds is 7. The van der Waals surface area contributed by atoms with Crippen LogP contribution >= 0.6 is 0 Å². The standard InChI is InChI=1S/C13H23N/c1-4-6-7-8-13(14-9-5-2)12-10-11(12)3/h1,11-14H,5-10H2,2-3H3. The minimum Gasteiger partial charge on any atom is -0.314 e. The molecule has 0 spiro atoms. The van der Waals surface area contributed by atoms with Crippen molar-refractivity contribution in [2.24, 2.45) is 11.8 Å². The summed E-state index contributed by atoms with van der Waals surface area (Å²) in [4.78, 5) is 0. The molecule has 0 aromatic heterocycles. The molecule has 1 nitrogen and oxygen atoms in total. The van der Waals surface area contributed by atoms with Crippen molar-refractivity contribution in [3.05, 3.63) is 0 Å². The van der Waals surface area contributed by atoms with Crippen LogP contribution in [0.5, 0.6) is 0 Å². The van der Waals surface area contributed by atoms with Gasteiger partial charge >= 0.3 is 0 Å². The quantitative estimate of drug-likeness (QED) is 0.484. The third-order valence-corrected chi connectivity index (χ3v) is 3.18. The van der Waals surface area contributed by atoms with Crippen molar-refractivity contribution in [2.45, 2.75) is 52.0 Å². The molecular weight excluding hydrogens is 170 g/mol. The molecule has 0 radical (unpaired) electrons. The topological polar surface area (TPSA) is 12.0 Å². The lowest BCUT2D eigenvalue weighted by molar-refractivity contribution is 0.413. The van der Waals surface area contributed by atoms with Crippen molar-refractivity contribution in [3.63, 3.8) is 0 Å². The van der Waals surface area contributed by atoms with Gasteiger partial charge in [0.2, 0.25) is 0 Å². The van der Waals surface area contributed by atoms with Gasteiger partial charge < -0.3 is 5.32 Å². The van der Waals surface area contributed by atoms with E-state index in [2.05, 4.69) is 25.1 Å². The van der Waals surface area contributed by atoms with Gasteiger partial charge in [-0.3, -0.25) is 0 Å². The first-order valence-electron chi connectivity index (χ1n) is 5.96. The van der Waals surface area contributed by atoms with Gasteiger partial charge in [0.15, 0.2) is 0 Å². The Bertz CT molecular complexity index is 192. The molecule has 1 N–H and O–H groups in total. The Morgan fingerprint density at radius 1 is 1.57 bits per heavy atom. The Morgan fingerprint density at radius 2 is 2.29 bits per heavy atom. The molecule has 80 valence electrons. The van der Waals surface area contributed by atoms with Crippen LogP contribution in [0.25, 0.3) is 0 Å². The van der Waals surface area contributed by atoms with E-state index in [4.69, 9.17) is 6.42 Å². The zero-order valence-corrected chi connectivity index (χ0v) is 9.55. The van der Waals surface area contributed by atoms with Crippen molar-refractivity contribution >= 4 is 0 Å². The normalized spacial score (nSPS) is 26.9. The minimum absolute atomic E-state index is 0.735. The maximum absolute atomic E-state index is 5.26. The molecule has 0 aromatic carbocycles. The van der Waals surface area contributed by atoms with Crippen LogP contribution in [0, 0.1) is 24.2 Å². The van der Waals surface area contributed by atoms with Crippen molar-refractivity contribution in [2.75, 3.05) is 6.54 Å². The molecule has 0 aliphatic heterocycles. The highest BCUT2D eigenvalue weighted by molar-refractivity contribution is 4.93. The monoisotopic (exact) mass is 193 g/mol. The van der Waals surface area contributed by atoms with Gasteiger partial charge in [0, 0.05) is 12.5 Å². The van der Waals surface area contributed by atoms with Crippen LogP contribution in [0.15, 0.2) is 0 Å². The summed E-state index contributed by atoms with van der Waals surface area (Å²) < 4.78 is 0. The summed E-state index contributed by atoms with van der Waals surface area (Å²) >= 11 is 0. The summed E-state index contributed by atoms with van der Waals surface area (Å²) in [6, 6.07) is 0.735. The van der Waals surface area contributed by atoms with Crippen LogP contribution in [0.1, 0.15) is 46.0 Å². The van der Waals surface area contributed by atoms with E-state index < -0.39 is 0 Å². The van der Waals surface area contributed by atoms with Gasteiger partial charge in [-0.25, -0.2) is 0 Å². The maximum Gasteiger partial charge on any atom is 0.00983 e. The Kier molecular flexibility index (Phi) is 5.04. The molecule has 14 heavy (non-hydrogen) atoms. The molecule has 1 heteroatoms. The van der Waals surface area contributed by atoms with Crippen LogP contribution in [-0.2, 0) is 0 Å². The summed E-state index contributed by atoms with van der Waals surface area (Å²) in [5.41, 5.74) is 0. The summed E-state index contributed by atoms with van der Waals surface area (Å²) in [5.74, 6) is 4.59. The molecule has 3 atom stereocenters. The van der Waals surface area contributed by atoms with Gasteiger partial charge in [0.25, 0.3) is 0 Å². The van der Waals surface area contributed by atoms with E-state index in [1.165, 1.54) is 25.7 Å². The molecule has 0 saturated heterocycles. The van der Waals surface area contributed by atoms with Gasteiger partial charge in [-0.15, -0.1) is 12.3 Å². The Morgan fingerprint density at radius 3 is 2.79 bits per heavy atom. The molecule has 1 fully saturated rings. The highest BCUT2D eigenvalue weighted by Gasteiger charge is 2.38. The molecular formula is C13H23N. The average molecular weight is 193 g/mol. The lowest BCUT2D eigenvalue weighted by atomic mass is 10.0. The van der Waals surface area contributed by atoms with Crippen LogP contribution in [-0.4, -0.2) is 12.6 Å². The van der Waals surface area contributed by atoms with E-state index in [0.717, 1.165) is 30.8 Å². The van der Waals surface area contributed by atoms with Crippen molar-refractivity contribution in [1.29, 1.82) is 0 Å². The second kappa shape index (κ2) is 6.09. The first-order chi connectivity index (χ1) is 6.79. The van der Waals surface area contributed by atoms with Gasteiger partial charge in [-0.1, -0.05) is 13.8 Å². The lowest BCUT2D eigenvalue weighted by Crippen LogP contribution is -2.32. The lowest BCUT2D eigenvalue weighted by Gasteiger charge is -2.17. The summed E-state index contributed by atoms with van der Waals surface area (Å²) in [5, 5.41) is 3.65. The molecule has 0 bridgehead atoms. The molecule has 1 saturated carbocycles. The van der Waals surface area contributed by atoms with E-state index >= 15 is 0 Å². The summed E-state index contributed by atoms with van der Waals surface area (Å²) in [6.45, 7) is 5.73. The highest BCUT2D eigenvalue weighted by Crippen LogP contribution is 2.41. The molecule has 1 aliphatic carbocycles. The minimum atomic E-state index is 0.735. The van der Waals surface area contributed by atoms with Crippen molar-refractivity contribution in [3.8, 4) is 12.3 Å². The van der Waals surface area contributed by atoms with Gasteiger partial charge in [-0.05, 0) is 44.1 Å². The fraction of sp³-hybridized carbons (Fsp3) is 0.846. The second-order valence-corrected chi connectivity index (χ2v) is 4.53. The Labute approximate surface area is 88.7 Å². The van der Waals surface area contributed by atoms with Crippen molar-refractivity contribution < 1.29 is 0 Å². The first kappa shape index (κ1) is 11.6. The number of hydrogen-bond donors (Lipinski definition) is 1. The highest BCUT2D eigenvalue weighted by atomic mass is 14.9. The van der Waals surface area contributed by atoms with E-state index in [1.807, 2.05) is 0 Å². The number of nitrogens with one attached hydrogen (secondary N) is 1. The molecule has 0 aromatic rings. The molecule has 1 aliphatic rings. The van der Waals surface area contributed by atoms with E-state index in [0.29, 0.717) is 0 Å². The third-order valence-electron chi connectivity index (χ3n) is 3.18. The van der Waals surface area contributed by atoms with Gasteiger partial charge in [0.1, 0.15) is 0 Å². The zero-order valence-electron chi connectivity index (χ0n) is 9.55. The summed E-state index contributed by atoms with van der Waals surface area (Å²) in [6.07, 6.45) is 11.3. The average Bonchev–Trinajstić information content (AvgIpc) is 2.89. The second-order valence-electron chi connectivity index (χ2n) is 4.53. The largest absolute Gasteiger partial charge is 0.314 e. The number of unbranched alkanes of at least 4 members (excludes halogenated alkanes) is 1. The van der Waals surface area contributed by atoms with Crippen LogP contribution in [0.2, 0.25) is 0 Å². The maximum atomic E-state index is 5.26. The van der Waals surface area contributed by atoms with E-state index in [-0.39, 0.29) is 0 Å². The Hall–Kier alpha value is -0.480. The zero-order chi connectivity index (χ0) is 10.4. The van der Waals surface area contributed by atoms with E-state index in [1.54, 1.807) is 0 Å². The van der Waals surface area contributed by atoms with Crippen LogP contribution in [0.4, 0.5) is 0 Å². The third kappa shape index (κ3) is 3.72.